The van der Waals surface area contributed by atoms with Crippen molar-refractivity contribution in [2.45, 2.75) is 19.3 Å². The van der Waals surface area contributed by atoms with Crippen molar-refractivity contribution < 1.29 is 4.79 Å². The molecule has 22 heavy (non-hydrogen) atoms. The minimum atomic E-state index is -0.103. The van der Waals surface area contributed by atoms with Gasteiger partial charge in [0.05, 0.1) is 0 Å². The lowest BCUT2D eigenvalue weighted by molar-refractivity contribution is 0.0940. The Balaban J connectivity index is 1.88. The summed E-state index contributed by atoms with van der Waals surface area (Å²) < 4.78 is 0. The van der Waals surface area contributed by atoms with Crippen molar-refractivity contribution in [2.75, 3.05) is 24.5 Å². The molecule has 0 bridgehead atoms. The monoisotopic (exact) mass is 295 g/mol. The van der Waals surface area contributed by atoms with Gasteiger partial charge < -0.3 is 10.2 Å². The number of amides is 1. The maximum atomic E-state index is 12.2. The minimum absolute atomic E-state index is 0.103. The molecular weight excluding hydrogens is 278 g/mol. The number of aromatic nitrogens is 3. The Morgan fingerprint density at radius 2 is 2.05 bits per heavy atom. The first kappa shape index (κ1) is 13.2. The van der Waals surface area contributed by atoms with Gasteiger partial charge in [-0.1, -0.05) is 0 Å². The largest absolute Gasteiger partial charge is 0.356 e. The van der Waals surface area contributed by atoms with Crippen LogP contribution in [-0.2, 0) is 6.42 Å². The number of anilines is 1. The number of rotatable bonds is 2. The molecule has 1 N–H and O–H groups in total. The van der Waals surface area contributed by atoms with Gasteiger partial charge in [0.1, 0.15) is 11.5 Å². The molecule has 0 aromatic carbocycles. The van der Waals surface area contributed by atoms with Gasteiger partial charge in [-0.25, -0.2) is 9.97 Å². The van der Waals surface area contributed by atoms with Gasteiger partial charge in [0.2, 0.25) is 0 Å². The molecule has 1 saturated heterocycles. The standard InChI is InChI=1S/C16H17N5O/c22-16-13-12(5-7-18-16)15(21-8-1-2-9-21)20-14(19-13)11-4-3-6-17-10-11/h3-4,6,10H,1-2,5,7-9H2,(H,18,22). The molecule has 0 aliphatic carbocycles. The van der Waals surface area contributed by atoms with Crippen molar-refractivity contribution in [1.29, 1.82) is 0 Å². The number of nitrogens with one attached hydrogen (secondary N) is 1. The molecule has 2 aliphatic heterocycles. The Bertz CT molecular complexity index is 710. The predicted molar refractivity (Wildman–Crippen MR) is 82.7 cm³/mol. The summed E-state index contributed by atoms with van der Waals surface area (Å²) >= 11 is 0. The topological polar surface area (TPSA) is 71.0 Å². The Kier molecular flexibility index (Phi) is 3.21. The molecular formula is C16H17N5O. The van der Waals surface area contributed by atoms with Crippen molar-refractivity contribution in [3.05, 3.63) is 35.8 Å². The molecule has 1 fully saturated rings. The van der Waals surface area contributed by atoms with Crippen LogP contribution >= 0.6 is 0 Å². The average Bonchev–Trinajstić information content (AvgIpc) is 3.10. The molecule has 0 spiro atoms. The van der Waals surface area contributed by atoms with Crippen LogP contribution in [0.3, 0.4) is 0 Å². The first-order chi connectivity index (χ1) is 10.8. The summed E-state index contributed by atoms with van der Waals surface area (Å²) in [5.41, 5.74) is 2.34. The molecule has 0 saturated carbocycles. The highest BCUT2D eigenvalue weighted by molar-refractivity contribution is 5.96. The molecule has 1 amide bonds. The molecule has 4 rings (SSSR count). The summed E-state index contributed by atoms with van der Waals surface area (Å²) in [5.74, 6) is 1.40. The van der Waals surface area contributed by atoms with Gasteiger partial charge in [0.15, 0.2) is 5.82 Å². The summed E-state index contributed by atoms with van der Waals surface area (Å²) in [6, 6.07) is 3.77. The highest BCUT2D eigenvalue weighted by Gasteiger charge is 2.27. The SMILES string of the molecule is O=C1NCCc2c1nc(-c1cccnc1)nc2N1CCCC1. The van der Waals surface area contributed by atoms with Crippen LogP contribution in [-0.4, -0.2) is 40.5 Å². The smallest absolute Gasteiger partial charge is 0.270 e. The molecule has 4 heterocycles. The van der Waals surface area contributed by atoms with Crippen LogP contribution in [0.4, 0.5) is 5.82 Å². The maximum absolute atomic E-state index is 12.2. The molecule has 112 valence electrons. The molecule has 6 heteroatoms. The van der Waals surface area contributed by atoms with E-state index < -0.39 is 0 Å². The summed E-state index contributed by atoms with van der Waals surface area (Å²) in [5, 5.41) is 2.87. The summed E-state index contributed by atoms with van der Waals surface area (Å²) in [6.07, 6.45) is 6.59. The highest BCUT2D eigenvalue weighted by Crippen LogP contribution is 2.29. The van der Waals surface area contributed by atoms with Crippen molar-refractivity contribution in [2.24, 2.45) is 0 Å². The third kappa shape index (κ3) is 2.20. The number of fused-ring (bicyclic) bond motifs is 1. The molecule has 0 atom stereocenters. The second kappa shape index (κ2) is 5.36. The first-order valence-electron chi connectivity index (χ1n) is 7.67. The Morgan fingerprint density at radius 3 is 2.82 bits per heavy atom. The number of pyridine rings is 1. The second-order valence-electron chi connectivity index (χ2n) is 5.64. The van der Waals surface area contributed by atoms with Gasteiger partial charge in [-0.3, -0.25) is 9.78 Å². The number of carbonyl (C=O) groups excluding carboxylic acids is 1. The number of carbonyl (C=O) groups is 1. The fraction of sp³-hybridized carbons (Fsp3) is 0.375. The van der Waals surface area contributed by atoms with Crippen molar-refractivity contribution in [3.8, 4) is 11.4 Å². The number of hydrogen-bond donors (Lipinski definition) is 1. The second-order valence-corrected chi connectivity index (χ2v) is 5.64. The van der Waals surface area contributed by atoms with Crippen LogP contribution < -0.4 is 10.2 Å². The lowest BCUT2D eigenvalue weighted by Gasteiger charge is -2.25. The van der Waals surface area contributed by atoms with E-state index in [-0.39, 0.29) is 5.91 Å². The van der Waals surface area contributed by atoms with Crippen LogP contribution in [0.1, 0.15) is 28.9 Å². The van der Waals surface area contributed by atoms with E-state index in [1.165, 1.54) is 12.8 Å². The van der Waals surface area contributed by atoms with E-state index in [0.29, 0.717) is 18.1 Å². The normalized spacial score (nSPS) is 17.3. The van der Waals surface area contributed by atoms with Crippen LogP contribution in [0.15, 0.2) is 24.5 Å². The lowest BCUT2D eigenvalue weighted by Crippen LogP contribution is -2.35. The maximum Gasteiger partial charge on any atom is 0.270 e. The summed E-state index contributed by atoms with van der Waals surface area (Å²) in [6.45, 7) is 2.65. The van der Waals surface area contributed by atoms with Crippen molar-refractivity contribution >= 4 is 11.7 Å². The zero-order valence-corrected chi connectivity index (χ0v) is 12.2. The van der Waals surface area contributed by atoms with E-state index in [1.54, 1.807) is 12.4 Å². The van der Waals surface area contributed by atoms with Crippen LogP contribution in [0, 0.1) is 0 Å². The van der Waals surface area contributed by atoms with E-state index in [2.05, 4.69) is 20.2 Å². The zero-order valence-electron chi connectivity index (χ0n) is 12.2. The number of nitrogens with zero attached hydrogens (tertiary/aromatic N) is 4. The fourth-order valence-electron chi connectivity index (χ4n) is 3.09. The third-order valence-electron chi connectivity index (χ3n) is 4.19. The van der Waals surface area contributed by atoms with Gasteiger partial charge in [-0.2, -0.15) is 0 Å². The van der Waals surface area contributed by atoms with Gasteiger partial charge in [-0.15, -0.1) is 0 Å². The lowest BCUT2D eigenvalue weighted by atomic mass is 10.1. The predicted octanol–water partition coefficient (Wildman–Crippen LogP) is 1.42. The van der Waals surface area contributed by atoms with Crippen LogP contribution in [0.25, 0.3) is 11.4 Å². The van der Waals surface area contributed by atoms with Gasteiger partial charge in [0, 0.05) is 43.2 Å². The average molecular weight is 295 g/mol. The van der Waals surface area contributed by atoms with Crippen LogP contribution in [0.5, 0.6) is 0 Å². The zero-order chi connectivity index (χ0) is 14.9. The Morgan fingerprint density at radius 1 is 1.18 bits per heavy atom. The molecule has 0 unspecified atom stereocenters. The molecule has 0 radical (unpaired) electrons. The highest BCUT2D eigenvalue weighted by atomic mass is 16.1. The molecule has 2 aromatic heterocycles. The van der Waals surface area contributed by atoms with Crippen LogP contribution in [0.2, 0.25) is 0 Å². The quantitative estimate of drug-likeness (QED) is 0.907. The van der Waals surface area contributed by atoms with E-state index in [4.69, 9.17) is 4.98 Å². The van der Waals surface area contributed by atoms with Gasteiger partial charge in [-0.05, 0) is 31.4 Å². The Hall–Kier alpha value is -2.50. The summed E-state index contributed by atoms with van der Waals surface area (Å²) in [4.78, 5) is 27.9. The molecule has 2 aromatic rings. The van der Waals surface area contributed by atoms with E-state index in [1.807, 2.05) is 12.1 Å². The Labute approximate surface area is 128 Å². The minimum Gasteiger partial charge on any atom is -0.356 e. The van der Waals surface area contributed by atoms with Crippen molar-refractivity contribution in [3.63, 3.8) is 0 Å². The van der Waals surface area contributed by atoms with Gasteiger partial charge in [0.25, 0.3) is 5.91 Å². The number of hydrogen-bond acceptors (Lipinski definition) is 5. The van der Waals surface area contributed by atoms with E-state index >= 15 is 0 Å². The van der Waals surface area contributed by atoms with Gasteiger partial charge >= 0.3 is 0 Å². The van der Waals surface area contributed by atoms with E-state index in [9.17, 15) is 4.79 Å². The summed E-state index contributed by atoms with van der Waals surface area (Å²) in [7, 11) is 0. The third-order valence-corrected chi connectivity index (χ3v) is 4.19. The van der Waals surface area contributed by atoms with Crippen molar-refractivity contribution in [1.82, 2.24) is 20.3 Å². The molecule has 2 aliphatic rings. The fourth-order valence-corrected chi connectivity index (χ4v) is 3.09. The molecule has 6 nitrogen and oxygen atoms in total. The van der Waals surface area contributed by atoms with E-state index in [0.717, 1.165) is 36.5 Å². The first-order valence-corrected chi connectivity index (χ1v) is 7.67.